The van der Waals surface area contributed by atoms with Crippen molar-refractivity contribution >= 4 is 22.4 Å². The highest BCUT2D eigenvalue weighted by Crippen LogP contribution is 2.19. The van der Waals surface area contributed by atoms with Crippen molar-refractivity contribution in [2.45, 2.75) is 25.4 Å². The van der Waals surface area contributed by atoms with Gasteiger partial charge in [0.2, 0.25) is 0 Å². The Morgan fingerprint density at radius 2 is 2.12 bits per heavy atom. The maximum Gasteiger partial charge on any atom is 0.263 e. The number of amides is 1. The fraction of sp³-hybridized carbons (Fsp3) is 0.412. The van der Waals surface area contributed by atoms with Crippen LogP contribution in [-0.4, -0.2) is 42.0 Å². The molecule has 1 aromatic heterocycles. The van der Waals surface area contributed by atoms with Crippen molar-refractivity contribution in [1.29, 1.82) is 0 Å². The minimum atomic E-state index is -0.154. The van der Waals surface area contributed by atoms with Crippen molar-refractivity contribution in [2.24, 2.45) is 0 Å². The average Bonchev–Trinajstić information content (AvgIpc) is 3.08. The van der Waals surface area contributed by atoms with Crippen molar-refractivity contribution in [3.05, 3.63) is 46.7 Å². The molecule has 2 heterocycles. The van der Waals surface area contributed by atoms with Gasteiger partial charge in [0.25, 0.3) is 5.91 Å². The van der Waals surface area contributed by atoms with Gasteiger partial charge in [-0.15, -0.1) is 0 Å². The topological polar surface area (TPSA) is 57.3 Å². The summed E-state index contributed by atoms with van der Waals surface area (Å²) in [4.78, 5) is 19.2. The zero-order valence-corrected chi connectivity index (χ0v) is 14.4. The monoisotopic (exact) mass is 348 g/mol. The van der Waals surface area contributed by atoms with E-state index in [0.717, 1.165) is 36.6 Å². The first kappa shape index (κ1) is 16.9. The molecular weight excluding hydrogens is 327 g/mol. The summed E-state index contributed by atoms with van der Waals surface area (Å²) in [5.74, 6) is -0.222. The van der Waals surface area contributed by atoms with Gasteiger partial charge in [-0.1, -0.05) is 29.5 Å². The van der Waals surface area contributed by atoms with Crippen LogP contribution in [0.4, 0.5) is 9.52 Å². The second-order valence-electron chi connectivity index (χ2n) is 5.89. The lowest BCUT2D eigenvalue weighted by Crippen LogP contribution is -2.44. The van der Waals surface area contributed by atoms with Gasteiger partial charge in [0.15, 0.2) is 5.13 Å². The van der Waals surface area contributed by atoms with Gasteiger partial charge in [0.05, 0.1) is 6.20 Å². The van der Waals surface area contributed by atoms with Crippen molar-refractivity contribution in [1.82, 2.24) is 15.2 Å². The Morgan fingerprint density at radius 1 is 1.38 bits per heavy atom. The fourth-order valence-electron chi connectivity index (χ4n) is 2.85. The predicted octanol–water partition coefficient (Wildman–Crippen LogP) is 2.72. The average molecular weight is 348 g/mol. The highest BCUT2D eigenvalue weighted by Gasteiger charge is 2.22. The molecule has 0 aliphatic carbocycles. The summed E-state index contributed by atoms with van der Waals surface area (Å²) in [6, 6.07) is 7.05. The van der Waals surface area contributed by atoms with Crippen molar-refractivity contribution in [3.8, 4) is 0 Å². The van der Waals surface area contributed by atoms with Crippen LogP contribution in [0.3, 0.4) is 0 Å². The summed E-state index contributed by atoms with van der Waals surface area (Å²) < 4.78 is 13.7. The maximum absolute atomic E-state index is 13.7. The maximum atomic E-state index is 13.7. The lowest BCUT2D eigenvalue weighted by Gasteiger charge is -2.32. The molecule has 128 valence electrons. The number of aromatic nitrogens is 1. The van der Waals surface area contributed by atoms with Crippen LogP contribution < -0.4 is 10.6 Å². The van der Waals surface area contributed by atoms with E-state index in [1.54, 1.807) is 19.3 Å². The zero-order valence-electron chi connectivity index (χ0n) is 13.6. The van der Waals surface area contributed by atoms with E-state index in [1.807, 2.05) is 12.1 Å². The van der Waals surface area contributed by atoms with Crippen LogP contribution in [-0.2, 0) is 6.54 Å². The molecule has 1 aliphatic rings. The number of hydrogen-bond donors (Lipinski definition) is 2. The summed E-state index contributed by atoms with van der Waals surface area (Å²) in [6.45, 7) is 2.32. The molecular formula is C17H21FN4OS. The van der Waals surface area contributed by atoms with E-state index in [2.05, 4.69) is 20.5 Å². The first-order valence-corrected chi connectivity index (χ1v) is 8.87. The Balaban J connectivity index is 1.48. The minimum Gasteiger partial charge on any atom is -0.365 e. The predicted molar refractivity (Wildman–Crippen MR) is 93.8 cm³/mol. The third kappa shape index (κ3) is 4.10. The molecule has 2 N–H and O–H groups in total. The number of benzene rings is 1. The summed E-state index contributed by atoms with van der Waals surface area (Å²) >= 11 is 1.35. The quantitative estimate of drug-likeness (QED) is 0.872. The lowest BCUT2D eigenvalue weighted by atomic mass is 10.0. The highest BCUT2D eigenvalue weighted by molar-refractivity contribution is 7.17. The van der Waals surface area contributed by atoms with Gasteiger partial charge in [-0.3, -0.25) is 9.69 Å². The number of carbonyl (C=O) groups is 1. The Bertz CT molecular complexity index is 697. The Labute approximate surface area is 144 Å². The molecule has 0 radical (unpaired) electrons. The van der Waals surface area contributed by atoms with Crippen molar-refractivity contribution < 1.29 is 9.18 Å². The van der Waals surface area contributed by atoms with E-state index in [1.165, 1.54) is 17.4 Å². The van der Waals surface area contributed by atoms with Gasteiger partial charge in [0, 0.05) is 38.3 Å². The summed E-state index contributed by atoms with van der Waals surface area (Å²) in [6.07, 6.45) is 3.34. The van der Waals surface area contributed by atoms with Crippen LogP contribution in [0.25, 0.3) is 0 Å². The number of nitrogens with one attached hydrogen (secondary N) is 2. The number of halogens is 1. The third-order valence-corrected chi connectivity index (χ3v) is 5.23. The van der Waals surface area contributed by atoms with Gasteiger partial charge in [-0.05, 0) is 18.9 Å². The molecule has 0 unspecified atom stereocenters. The van der Waals surface area contributed by atoms with Gasteiger partial charge >= 0.3 is 0 Å². The van der Waals surface area contributed by atoms with Crippen LogP contribution in [0.2, 0.25) is 0 Å². The van der Waals surface area contributed by atoms with E-state index in [4.69, 9.17) is 0 Å². The molecule has 1 saturated heterocycles. The Kier molecular flexibility index (Phi) is 5.42. The van der Waals surface area contributed by atoms with E-state index < -0.39 is 0 Å². The summed E-state index contributed by atoms with van der Waals surface area (Å²) in [7, 11) is 1.78. The molecule has 1 aliphatic heterocycles. The molecule has 5 nitrogen and oxygen atoms in total. The van der Waals surface area contributed by atoms with Crippen LogP contribution in [0.15, 0.2) is 30.5 Å². The molecule has 0 bridgehead atoms. The number of likely N-dealkylation sites (tertiary alicyclic amines) is 1. The summed E-state index contributed by atoms with van der Waals surface area (Å²) in [5.41, 5.74) is 0.726. The Morgan fingerprint density at radius 3 is 2.79 bits per heavy atom. The highest BCUT2D eigenvalue weighted by atomic mass is 32.1. The largest absolute Gasteiger partial charge is 0.365 e. The van der Waals surface area contributed by atoms with Crippen molar-refractivity contribution in [3.63, 3.8) is 0 Å². The SMILES string of the molecule is CNc1ncc(C(=O)NC2CCN(Cc3ccccc3F)CC2)s1. The second-order valence-corrected chi connectivity index (χ2v) is 6.93. The molecule has 0 atom stereocenters. The third-order valence-electron chi connectivity index (χ3n) is 4.22. The first-order valence-electron chi connectivity index (χ1n) is 8.06. The number of thiazole rings is 1. The van der Waals surface area contributed by atoms with E-state index in [-0.39, 0.29) is 17.8 Å². The van der Waals surface area contributed by atoms with Gasteiger partial charge in [-0.2, -0.15) is 0 Å². The van der Waals surface area contributed by atoms with E-state index >= 15 is 0 Å². The molecule has 0 saturated carbocycles. The van der Waals surface area contributed by atoms with Gasteiger partial charge in [-0.25, -0.2) is 9.37 Å². The van der Waals surface area contributed by atoms with Crippen LogP contribution in [0.1, 0.15) is 28.1 Å². The molecule has 1 aromatic carbocycles. The molecule has 1 amide bonds. The van der Waals surface area contributed by atoms with Crippen LogP contribution >= 0.6 is 11.3 Å². The molecule has 7 heteroatoms. The number of anilines is 1. The number of piperidine rings is 1. The van der Waals surface area contributed by atoms with E-state index in [9.17, 15) is 9.18 Å². The zero-order chi connectivity index (χ0) is 16.9. The number of rotatable bonds is 5. The molecule has 0 spiro atoms. The van der Waals surface area contributed by atoms with Gasteiger partial charge in [0.1, 0.15) is 10.7 Å². The van der Waals surface area contributed by atoms with E-state index in [0.29, 0.717) is 11.4 Å². The molecule has 3 rings (SSSR count). The number of carbonyl (C=O) groups excluding carboxylic acids is 1. The lowest BCUT2D eigenvalue weighted by molar-refractivity contribution is 0.0912. The van der Waals surface area contributed by atoms with Gasteiger partial charge < -0.3 is 10.6 Å². The normalized spacial score (nSPS) is 16.1. The van der Waals surface area contributed by atoms with Crippen LogP contribution in [0.5, 0.6) is 0 Å². The van der Waals surface area contributed by atoms with Crippen LogP contribution in [0, 0.1) is 5.82 Å². The standard InChI is InChI=1S/C17H21FN4OS/c1-19-17-20-10-15(24-17)16(23)21-13-6-8-22(9-7-13)11-12-4-2-3-5-14(12)18/h2-5,10,13H,6-9,11H2,1H3,(H,19,20)(H,21,23). The summed E-state index contributed by atoms with van der Waals surface area (Å²) in [5, 5.41) is 6.74. The number of nitrogens with zero attached hydrogens (tertiary/aromatic N) is 2. The molecule has 24 heavy (non-hydrogen) atoms. The fourth-order valence-corrected chi connectivity index (χ4v) is 3.53. The second kappa shape index (κ2) is 7.72. The number of hydrogen-bond acceptors (Lipinski definition) is 5. The molecule has 2 aromatic rings. The smallest absolute Gasteiger partial charge is 0.263 e. The molecule has 1 fully saturated rings. The minimum absolute atomic E-state index is 0.0680. The Hall–Kier alpha value is -1.99. The van der Waals surface area contributed by atoms with Crippen molar-refractivity contribution in [2.75, 3.05) is 25.5 Å². The first-order chi connectivity index (χ1) is 11.7.